The Hall–Kier alpha value is -0.370. The third-order valence-electron chi connectivity index (χ3n) is 2.37. The summed E-state index contributed by atoms with van der Waals surface area (Å²) in [5.74, 6) is 0.912. The van der Waals surface area contributed by atoms with Gasteiger partial charge in [0.25, 0.3) is 0 Å². The van der Waals surface area contributed by atoms with Crippen LogP contribution in [0.15, 0.2) is 0 Å². The van der Waals surface area contributed by atoms with Gasteiger partial charge in [-0.3, -0.25) is 4.79 Å². The largest absolute Gasteiger partial charge is 0.310 e. The summed E-state index contributed by atoms with van der Waals surface area (Å²) in [7, 11) is 1.87. The predicted molar refractivity (Wildman–Crippen MR) is 54.3 cm³/mol. The average molecular weight is 173 g/mol. The molecule has 0 aromatic carbocycles. The monoisotopic (exact) mass is 173 g/mol. The Kier molecular flexibility index (Phi) is 5.99. The molecule has 1 aliphatic rings. The molecule has 1 fully saturated rings. The number of rotatable bonds is 3. The van der Waals surface area contributed by atoms with Crippen molar-refractivity contribution in [3.63, 3.8) is 0 Å². The SMILES string of the molecule is CC.CN[C@H](C(C)=O)C1CCC1.[HH]. The molecular formula is C10H23NO. The number of ketones is 1. The highest BCUT2D eigenvalue weighted by Gasteiger charge is 2.28. The number of likely N-dealkylation sites (N-methyl/N-ethyl adjacent to an activating group) is 1. The minimum absolute atomic E-state index is 0. The number of hydrogen-bond donors (Lipinski definition) is 1. The maximum absolute atomic E-state index is 10.9. The van der Waals surface area contributed by atoms with Crippen molar-refractivity contribution in [2.75, 3.05) is 7.05 Å². The van der Waals surface area contributed by atoms with E-state index in [0.717, 1.165) is 0 Å². The highest BCUT2D eigenvalue weighted by molar-refractivity contribution is 5.81. The number of carbonyl (C=O) groups excluding carboxylic acids is 1. The summed E-state index contributed by atoms with van der Waals surface area (Å²) in [4.78, 5) is 10.9. The fourth-order valence-corrected chi connectivity index (χ4v) is 1.54. The van der Waals surface area contributed by atoms with Crippen LogP contribution in [0.1, 0.15) is 41.5 Å². The summed E-state index contributed by atoms with van der Waals surface area (Å²) < 4.78 is 0. The summed E-state index contributed by atoms with van der Waals surface area (Å²) >= 11 is 0. The van der Waals surface area contributed by atoms with Gasteiger partial charge < -0.3 is 5.32 Å². The van der Waals surface area contributed by atoms with Gasteiger partial charge in [0, 0.05) is 1.43 Å². The molecule has 0 unspecified atom stereocenters. The summed E-state index contributed by atoms with van der Waals surface area (Å²) in [5, 5.41) is 3.05. The Bertz CT molecular complexity index is 135. The first-order chi connectivity index (χ1) is 5.75. The Morgan fingerprint density at radius 3 is 2.08 bits per heavy atom. The van der Waals surface area contributed by atoms with Gasteiger partial charge in [-0.05, 0) is 32.7 Å². The molecule has 0 amide bonds. The van der Waals surface area contributed by atoms with Crippen LogP contribution in [0.25, 0.3) is 0 Å². The van der Waals surface area contributed by atoms with Crippen LogP contribution >= 0.6 is 0 Å². The molecule has 0 aliphatic heterocycles. The molecule has 2 nitrogen and oxygen atoms in total. The van der Waals surface area contributed by atoms with Crippen molar-refractivity contribution in [1.82, 2.24) is 5.32 Å². The molecule has 1 atom stereocenters. The second-order valence-corrected chi connectivity index (χ2v) is 3.07. The molecule has 0 saturated heterocycles. The van der Waals surface area contributed by atoms with Crippen molar-refractivity contribution < 1.29 is 6.22 Å². The number of Topliss-reactive ketones (excluding diaryl/α,β-unsaturated/α-hetero) is 1. The highest BCUT2D eigenvalue weighted by atomic mass is 16.1. The van der Waals surface area contributed by atoms with E-state index >= 15 is 0 Å². The number of hydrogen-bond acceptors (Lipinski definition) is 2. The summed E-state index contributed by atoms with van der Waals surface area (Å²) in [6.45, 7) is 5.67. The lowest BCUT2D eigenvalue weighted by atomic mass is 9.78. The molecule has 2 heteroatoms. The van der Waals surface area contributed by atoms with Gasteiger partial charge in [-0.2, -0.15) is 0 Å². The van der Waals surface area contributed by atoms with Crippen molar-refractivity contribution >= 4 is 5.78 Å². The Morgan fingerprint density at radius 1 is 1.50 bits per heavy atom. The average Bonchev–Trinajstić information content (AvgIpc) is 1.99. The zero-order valence-corrected chi connectivity index (χ0v) is 8.68. The van der Waals surface area contributed by atoms with Gasteiger partial charge in [-0.1, -0.05) is 20.3 Å². The van der Waals surface area contributed by atoms with Crippen LogP contribution < -0.4 is 5.32 Å². The van der Waals surface area contributed by atoms with Gasteiger partial charge in [0.05, 0.1) is 6.04 Å². The van der Waals surface area contributed by atoms with E-state index in [1.165, 1.54) is 19.3 Å². The van der Waals surface area contributed by atoms with Crippen molar-refractivity contribution in [1.29, 1.82) is 0 Å². The van der Waals surface area contributed by atoms with Crippen LogP contribution in [0.4, 0.5) is 0 Å². The van der Waals surface area contributed by atoms with Gasteiger partial charge in [0.2, 0.25) is 0 Å². The lowest BCUT2D eigenvalue weighted by Crippen LogP contribution is -2.42. The minimum Gasteiger partial charge on any atom is -0.310 e. The van der Waals surface area contributed by atoms with Crippen molar-refractivity contribution in [3.05, 3.63) is 0 Å². The van der Waals surface area contributed by atoms with E-state index in [4.69, 9.17) is 0 Å². The summed E-state index contributed by atoms with van der Waals surface area (Å²) in [5.41, 5.74) is 0. The number of nitrogens with one attached hydrogen (secondary N) is 1. The van der Waals surface area contributed by atoms with Crippen LogP contribution in [0, 0.1) is 5.92 Å². The minimum atomic E-state index is 0. The van der Waals surface area contributed by atoms with Crippen LogP contribution in [-0.4, -0.2) is 18.9 Å². The van der Waals surface area contributed by atoms with Gasteiger partial charge in [0.1, 0.15) is 5.78 Å². The second-order valence-electron chi connectivity index (χ2n) is 3.07. The topological polar surface area (TPSA) is 29.1 Å². The molecule has 1 saturated carbocycles. The van der Waals surface area contributed by atoms with Gasteiger partial charge in [-0.25, -0.2) is 0 Å². The smallest absolute Gasteiger partial charge is 0.146 e. The molecule has 0 bridgehead atoms. The Balaban J connectivity index is 0. The van der Waals surface area contributed by atoms with Crippen LogP contribution in [0.3, 0.4) is 0 Å². The summed E-state index contributed by atoms with van der Waals surface area (Å²) in [6, 6.07) is 0.133. The fourth-order valence-electron chi connectivity index (χ4n) is 1.54. The van der Waals surface area contributed by atoms with Crippen LogP contribution in [0.5, 0.6) is 0 Å². The quantitative estimate of drug-likeness (QED) is 0.709. The zero-order valence-electron chi connectivity index (χ0n) is 8.68. The molecule has 0 spiro atoms. The van der Waals surface area contributed by atoms with E-state index in [9.17, 15) is 4.79 Å². The molecular weight excluding hydrogens is 150 g/mol. The first kappa shape index (κ1) is 11.6. The molecule has 0 radical (unpaired) electrons. The zero-order chi connectivity index (χ0) is 9.56. The van der Waals surface area contributed by atoms with E-state index in [1.54, 1.807) is 6.92 Å². The van der Waals surface area contributed by atoms with Gasteiger partial charge >= 0.3 is 0 Å². The maximum atomic E-state index is 10.9. The molecule has 0 aromatic rings. The van der Waals surface area contributed by atoms with Gasteiger partial charge in [0.15, 0.2) is 0 Å². The van der Waals surface area contributed by atoms with Crippen molar-refractivity contribution in [3.8, 4) is 0 Å². The maximum Gasteiger partial charge on any atom is 0.146 e. The molecule has 1 N–H and O–H groups in total. The van der Waals surface area contributed by atoms with E-state index in [0.29, 0.717) is 5.92 Å². The normalized spacial score (nSPS) is 18.7. The highest BCUT2D eigenvalue weighted by Crippen LogP contribution is 2.29. The predicted octanol–water partition coefficient (Wildman–Crippen LogP) is 2.24. The van der Waals surface area contributed by atoms with Crippen molar-refractivity contribution in [2.45, 2.75) is 46.1 Å². The third kappa shape index (κ3) is 2.94. The van der Waals surface area contributed by atoms with Crippen molar-refractivity contribution in [2.24, 2.45) is 5.92 Å². The van der Waals surface area contributed by atoms with E-state index < -0.39 is 0 Å². The first-order valence-electron chi connectivity index (χ1n) is 4.93. The van der Waals surface area contributed by atoms with Gasteiger partial charge in [-0.15, -0.1) is 0 Å². The van der Waals surface area contributed by atoms with Crippen LogP contribution in [0.2, 0.25) is 0 Å². The van der Waals surface area contributed by atoms with Crippen LogP contribution in [-0.2, 0) is 4.79 Å². The Labute approximate surface area is 77.2 Å². The molecule has 12 heavy (non-hydrogen) atoms. The lowest BCUT2D eigenvalue weighted by molar-refractivity contribution is -0.120. The standard InChI is InChI=1S/C8H15NO.C2H6.H2/c1-6(10)8(9-2)7-4-3-5-7;1-2;/h7-9H,3-5H2,1-2H3;1-2H3;1H/t8-;;/m1../s1. The lowest BCUT2D eigenvalue weighted by Gasteiger charge is -2.31. The first-order valence-corrected chi connectivity index (χ1v) is 4.93. The number of carbonyl (C=O) groups is 1. The Morgan fingerprint density at radius 2 is 2.00 bits per heavy atom. The molecule has 1 aliphatic carbocycles. The summed E-state index contributed by atoms with van der Waals surface area (Å²) in [6.07, 6.45) is 3.76. The van der Waals surface area contributed by atoms with E-state index in [2.05, 4.69) is 5.32 Å². The third-order valence-corrected chi connectivity index (χ3v) is 2.37. The van der Waals surface area contributed by atoms with E-state index in [1.807, 2.05) is 20.9 Å². The molecule has 74 valence electrons. The molecule has 0 heterocycles. The molecule has 0 aromatic heterocycles. The fraction of sp³-hybridized carbons (Fsp3) is 0.900. The second kappa shape index (κ2) is 6.18. The molecule has 1 rings (SSSR count). The van der Waals surface area contributed by atoms with E-state index in [-0.39, 0.29) is 13.3 Å².